The Morgan fingerprint density at radius 1 is 0.726 bits per heavy atom. The lowest BCUT2D eigenvalue weighted by atomic mass is 9.96. The molecule has 0 aliphatic heterocycles. The lowest BCUT2D eigenvalue weighted by molar-refractivity contribution is -0.159. The number of alkyl carbamates (subject to hydrolysis) is 1. The number of carbonyl (C=O) groups is 6. The second-order valence-corrected chi connectivity index (χ2v) is 20.3. The molecule has 3 aromatic rings. The quantitative estimate of drug-likeness (QED) is 0.0742. The number of hydrogen-bond acceptors (Lipinski definition) is 12. The molecular weight excluding hydrogens is 859 g/mol. The maximum Gasteiger partial charge on any atom is 0.412 e. The van der Waals surface area contributed by atoms with Crippen LogP contribution in [0.3, 0.4) is 0 Å². The predicted octanol–water partition coefficient (Wildman–Crippen LogP) is 6.10. The molecule has 0 aliphatic rings. The highest BCUT2D eigenvalue weighted by atomic mass is 32.2. The Balaban J connectivity index is 1.69. The molecule has 3 aromatic carbocycles. The number of Topliss-reactive ketones (excluding diaryl/α,β-unsaturated/α-hetero) is 1. The number of nitrogens with one attached hydrogen (secondary N) is 3. The van der Waals surface area contributed by atoms with Crippen molar-refractivity contribution in [3.63, 3.8) is 0 Å². The summed E-state index contributed by atoms with van der Waals surface area (Å²) >= 11 is -1.00. The van der Waals surface area contributed by atoms with Gasteiger partial charge in [-0.05, 0) is 137 Å². The van der Waals surface area contributed by atoms with Crippen LogP contribution in [0.1, 0.15) is 83.2 Å². The zero-order valence-electron chi connectivity index (χ0n) is 36.4. The molecule has 18 heteroatoms. The Bertz CT molecular complexity index is 1930. The number of rotatable bonds is 20. The minimum Gasteiger partial charge on any atom is -0.612 e. The molecule has 0 fully saturated rings. The molecule has 0 saturated heterocycles. The maximum absolute atomic E-state index is 13.8. The van der Waals surface area contributed by atoms with Crippen molar-refractivity contribution < 1.29 is 57.2 Å². The third-order valence-corrected chi connectivity index (χ3v) is 12.0. The van der Waals surface area contributed by atoms with Crippen LogP contribution in [0.25, 0.3) is 0 Å². The Hall–Kier alpha value is -4.75. The van der Waals surface area contributed by atoms with Gasteiger partial charge in [0.25, 0.3) is 0 Å². The van der Waals surface area contributed by atoms with Crippen LogP contribution in [0.2, 0.25) is 0 Å². The molecule has 0 bridgehead atoms. The standard InChI is InChI=1S/C44H57N3O12S3/c1-27(48)36(26-60-38(29-12-18-33(19-13-29)61(8)55)30-14-20-34(21-15-30)62(9)56)46-39(50)35(47-42(54)59-44(5,6)7)22-23-45-41(53)57-32-16-10-28(11-17-32)24-31(40(51)52)25-37(49)58-43(2,3)4/h10-21,31,35-36,38H,22-26H2,1-9H3,(H,45,53)(H,46,50)(H,47,54)(H,51,52)/t31-,35+,36+,38?,61?,62?/m1/s1. The summed E-state index contributed by atoms with van der Waals surface area (Å²) in [6.45, 7) is 11.2. The van der Waals surface area contributed by atoms with Crippen molar-refractivity contribution in [3.8, 4) is 5.75 Å². The molecule has 0 aliphatic carbocycles. The lowest BCUT2D eigenvalue weighted by Crippen LogP contribution is -2.53. The fraction of sp³-hybridized carbons (Fsp3) is 0.455. The van der Waals surface area contributed by atoms with Gasteiger partial charge in [0.1, 0.15) is 35.5 Å². The van der Waals surface area contributed by atoms with Crippen molar-refractivity contribution in [2.45, 2.75) is 106 Å². The molecule has 62 heavy (non-hydrogen) atoms. The number of benzene rings is 3. The lowest BCUT2D eigenvalue weighted by Gasteiger charge is -2.26. The van der Waals surface area contributed by atoms with Crippen molar-refractivity contribution >= 4 is 69.9 Å². The molecule has 3 rings (SSSR count). The van der Waals surface area contributed by atoms with E-state index in [0.717, 1.165) is 11.1 Å². The average Bonchev–Trinajstić information content (AvgIpc) is 3.16. The summed E-state index contributed by atoms with van der Waals surface area (Å²) < 4.78 is 40.1. The molecule has 0 saturated carbocycles. The number of aliphatic carboxylic acids is 1. The maximum atomic E-state index is 13.8. The summed E-state index contributed by atoms with van der Waals surface area (Å²) in [6.07, 6.45) is 1.00. The van der Waals surface area contributed by atoms with Crippen molar-refractivity contribution in [3.05, 3.63) is 89.5 Å². The first kappa shape index (κ1) is 51.6. The van der Waals surface area contributed by atoms with Crippen molar-refractivity contribution in [1.29, 1.82) is 0 Å². The van der Waals surface area contributed by atoms with E-state index in [9.17, 15) is 43.0 Å². The molecule has 4 N–H and O–H groups in total. The largest absolute Gasteiger partial charge is 0.612 e. The van der Waals surface area contributed by atoms with Gasteiger partial charge in [-0.1, -0.05) is 36.4 Å². The fourth-order valence-corrected chi connectivity index (χ4v) is 8.21. The van der Waals surface area contributed by atoms with Crippen LogP contribution >= 0.6 is 11.8 Å². The number of amides is 3. The van der Waals surface area contributed by atoms with Crippen LogP contribution in [0.5, 0.6) is 5.75 Å². The van der Waals surface area contributed by atoms with Gasteiger partial charge in [0.15, 0.2) is 15.6 Å². The monoisotopic (exact) mass is 915 g/mol. The zero-order chi connectivity index (χ0) is 46.4. The number of carbonyl (C=O) groups excluding carboxylic acids is 5. The Labute approximate surface area is 373 Å². The van der Waals surface area contributed by atoms with Gasteiger partial charge in [-0.3, -0.25) is 19.2 Å². The second-order valence-electron chi connectivity index (χ2n) is 16.4. The van der Waals surface area contributed by atoms with Gasteiger partial charge in [0.05, 0.1) is 23.6 Å². The number of esters is 1. The smallest absolute Gasteiger partial charge is 0.412 e. The van der Waals surface area contributed by atoms with E-state index < -0.39 is 81.6 Å². The Morgan fingerprint density at radius 2 is 1.24 bits per heavy atom. The first-order chi connectivity index (χ1) is 28.9. The van der Waals surface area contributed by atoms with Crippen LogP contribution in [0.4, 0.5) is 9.59 Å². The summed E-state index contributed by atoms with van der Waals surface area (Å²) in [4.78, 5) is 77.7. The molecular formula is C44H57N3O12S3. The van der Waals surface area contributed by atoms with Gasteiger partial charge in [-0.2, -0.15) is 0 Å². The predicted molar refractivity (Wildman–Crippen MR) is 238 cm³/mol. The average molecular weight is 916 g/mol. The Kier molecular flexibility index (Phi) is 19.7. The summed E-state index contributed by atoms with van der Waals surface area (Å²) in [5.41, 5.74) is 0.640. The van der Waals surface area contributed by atoms with Gasteiger partial charge in [0.2, 0.25) is 5.91 Å². The van der Waals surface area contributed by atoms with Gasteiger partial charge in [-0.25, -0.2) is 9.59 Å². The highest BCUT2D eigenvalue weighted by Gasteiger charge is 2.30. The minimum atomic E-state index is -1.25. The molecule has 0 radical (unpaired) electrons. The zero-order valence-corrected chi connectivity index (χ0v) is 38.9. The van der Waals surface area contributed by atoms with Gasteiger partial charge in [0, 0.05) is 12.3 Å². The topological polar surface area (TPSA) is 233 Å². The van der Waals surface area contributed by atoms with E-state index in [2.05, 4.69) is 16.0 Å². The number of thioether (sulfide) groups is 1. The van der Waals surface area contributed by atoms with Crippen LogP contribution in [0, 0.1) is 5.92 Å². The number of ketones is 1. The van der Waals surface area contributed by atoms with E-state index in [1.54, 1.807) is 90.5 Å². The van der Waals surface area contributed by atoms with E-state index >= 15 is 0 Å². The molecule has 338 valence electrons. The third-order valence-electron chi connectivity index (χ3n) is 8.77. The minimum absolute atomic E-state index is 0.0345. The normalized spacial score (nSPS) is 14.5. The molecule has 15 nitrogen and oxygen atoms in total. The molecule has 5 atom stereocenters. The molecule has 3 amide bonds. The second kappa shape index (κ2) is 23.6. The van der Waals surface area contributed by atoms with Crippen LogP contribution in [-0.2, 0) is 57.4 Å². The van der Waals surface area contributed by atoms with E-state index in [-0.39, 0.29) is 48.3 Å². The van der Waals surface area contributed by atoms with Crippen LogP contribution < -0.4 is 20.7 Å². The molecule has 0 aromatic heterocycles. The van der Waals surface area contributed by atoms with Crippen molar-refractivity contribution in [2.75, 3.05) is 24.8 Å². The van der Waals surface area contributed by atoms with Gasteiger partial charge in [-0.15, -0.1) is 11.8 Å². The Morgan fingerprint density at radius 3 is 1.69 bits per heavy atom. The summed E-state index contributed by atoms with van der Waals surface area (Å²) in [7, 11) is 0. The molecule has 0 spiro atoms. The van der Waals surface area contributed by atoms with Crippen molar-refractivity contribution in [1.82, 2.24) is 16.0 Å². The highest BCUT2D eigenvalue weighted by Crippen LogP contribution is 2.37. The van der Waals surface area contributed by atoms with E-state index in [1.165, 1.54) is 30.8 Å². The van der Waals surface area contributed by atoms with Crippen molar-refractivity contribution in [2.24, 2.45) is 5.92 Å². The first-order valence-corrected chi connectivity index (χ1v) is 23.8. The first-order valence-electron chi connectivity index (χ1n) is 19.7. The summed E-state index contributed by atoms with van der Waals surface area (Å²) in [5, 5.41) is 17.2. The van der Waals surface area contributed by atoms with E-state index in [1.807, 2.05) is 24.3 Å². The number of carboxylic acid groups (broad SMARTS) is 1. The van der Waals surface area contributed by atoms with Gasteiger partial charge >= 0.3 is 24.1 Å². The highest BCUT2D eigenvalue weighted by molar-refractivity contribution is 7.99. The van der Waals surface area contributed by atoms with E-state index in [4.69, 9.17) is 14.2 Å². The third kappa shape index (κ3) is 18.3. The van der Waals surface area contributed by atoms with Gasteiger partial charge < -0.3 is 44.4 Å². The fourth-order valence-electron chi connectivity index (χ4n) is 5.77. The number of carboxylic acids is 1. The number of hydrogen-bond donors (Lipinski definition) is 4. The summed E-state index contributed by atoms with van der Waals surface area (Å²) in [5.74, 6) is -3.60. The van der Waals surface area contributed by atoms with Crippen LogP contribution in [-0.4, -0.2) is 98.1 Å². The molecule has 2 unspecified atom stereocenters. The van der Waals surface area contributed by atoms with E-state index in [0.29, 0.717) is 15.4 Å². The van der Waals surface area contributed by atoms with Crippen LogP contribution in [0.15, 0.2) is 82.6 Å². The summed E-state index contributed by atoms with van der Waals surface area (Å²) in [6, 6.07) is 18.3. The number of ether oxygens (including phenoxy) is 3. The molecule has 0 heterocycles. The SMILES string of the molecule is CC(=O)[C@H](CSC(c1ccc([S+](C)[O-])cc1)c1ccc([S+](C)[O-])cc1)NC(=O)[C@H](CCNC(=O)Oc1ccc(C[C@H](CC(=O)OC(C)(C)C)C(=O)O)cc1)NC(=O)OC(C)(C)C.